The zero-order valence-corrected chi connectivity index (χ0v) is 19.7. The third kappa shape index (κ3) is 19.3. The minimum absolute atomic E-state index is 0. The Hall–Kier alpha value is -1.13. The van der Waals surface area contributed by atoms with Crippen LogP contribution in [0, 0.1) is 39.9 Å². The summed E-state index contributed by atoms with van der Waals surface area (Å²) in [7, 11) is 1.19. The van der Waals surface area contributed by atoms with Gasteiger partial charge in [-0.3, -0.25) is 29.1 Å². The predicted octanol–water partition coefficient (Wildman–Crippen LogP) is -6.09. The maximum Gasteiger partial charge on any atom is 3.00 e. The van der Waals surface area contributed by atoms with E-state index in [0.29, 0.717) is 0 Å². The number of ether oxygens (including phenoxy) is 1. The van der Waals surface area contributed by atoms with Crippen molar-refractivity contribution in [3.05, 3.63) is 0 Å². The van der Waals surface area contributed by atoms with Gasteiger partial charge in [-0.25, -0.2) is 0 Å². The van der Waals surface area contributed by atoms with Crippen molar-refractivity contribution < 1.29 is 89.4 Å². The average Bonchev–Trinajstić information content (AvgIpc) is 2.61. The van der Waals surface area contributed by atoms with Gasteiger partial charge >= 0.3 is 45.9 Å². The fourth-order valence-corrected chi connectivity index (χ4v) is 2.49. The third-order valence-corrected chi connectivity index (χ3v) is 3.76. The summed E-state index contributed by atoms with van der Waals surface area (Å²) in [6.45, 7) is -0.964. The van der Waals surface area contributed by atoms with Gasteiger partial charge in [0.15, 0.2) is 0 Å². The minimum atomic E-state index is -1.43. The van der Waals surface area contributed by atoms with E-state index in [9.17, 15) is 39.3 Å². The van der Waals surface area contributed by atoms with Crippen molar-refractivity contribution in [3.8, 4) is 0 Å². The van der Waals surface area contributed by atoms with Gasteiger partial charge in [-0.2, -0.15) is 0 Å². The Bertz CT molecular complexity index is 575. The molecule has 0 aromatic rings. The summed E-state index contributed by atoms with van der Waals surface area (Å²) in [5.41, 5.74) is 0. The van der Waals surface area contributed by atoms with E-state index in [0.717, 1.165) is 0 Å². The standard InChI is InChI=1S/C17H28N3O9.Gd.H2O/c1-13(22)7-19(9-15(24)25)5-3-18(11-17(28)29-2)4-6-20(10-16(26)27)8-14(23)12-21;;/h3-12H2,1-2H3,(H,24,25)(H,26,27);;1H2/q-1;+3;/p-3. The van der Waals surface area contributed by atoms with Gasteiger partial charge in [-0.05, 0) is 6.92 Å². The molecule has 1 N–H and O–H groups in total. The van der Waals surface area contributed by atoms with Crippen molar-refractivity contribution in [1.82, 2.24) is 14.7 Å². The largest absolute Gasteiger partial charge is 3.00 e. The summed E-state index contributed by atoms with van der Waals surface area (Å²) in [5.74, 6) is -4.30. The van der Waals surface area contributed by atoms with Crippen LogP contribution in [0.3, 0.4) is 0 Å². The maximum atomic E-state index is 11.6. The van der Waals surface area contributed by atoms with Crippen molar-refractivity contribution in [2.45, 2.75) is 6.92 Å². The number of rotatable bonds is 17. The van der Waals surface area contributed by atoms with E-state index < -0.39 is 43.4 Å². The second-order valence-corrected chi connectivity index (χ2v) is 6.40. The molecular weight excluding hydrogens is 563 g/mol. The van der Waals surface area contributed by atoms with Gasteiger partial charge < -0.3 is 35.1 Å². The first-order valence-electron chi connectivity index (χ1n) is 8.80. The Balaban J connectivity index is -0.00000392. The first-order valence-corrected chi connectivity index (χ1v) is 8.80. The number of aliphatic carboxylic acids is 2. The van der Waals surface area contributed by atoms with Crippen molar-refractivity contribution in [2.24, 2.45) is 0 Å². The molecule has 0 aliphatic carbocycles. The Morgan fingerprint density at radius 1 is 0.742 bits per heavy atom. The number of esters is 1. The minimum Gasteiger partial charge on any atom is -0.870 e. The van der Waals surface area contributed by atoms with Crippen LogP contribution >= 0.6 is 0 Å². The molecule has 0 aliphatic heterocycles. The fraction of sp³-hybridized carbons (Fsp3) is 0.706. The van der Waals surface area contributed by atoms with Crippen LogP contribution in [-0.4, -0.2) is 122 Å². The van der Waals surface area contributed by atoms with Gasteiger partial charge in [0.05, 0.1) is 38.7 Å². The third-order valence-electron chi connectivity index (χ3n) is 3.76. The summed E-state index contributed by atoms with van der Waals surface area (Å²) < 4.78 is 4.60. The van der Waals surface area contributed by atoms with Crippen LogP contribution in [-0.2, 0) is 28.7 Å². The zero-order valence-electron chi connectivity index (χ0n) is 17.4. The zero-order chi connectivity index (χ0) is 22.4. The molecule has 0 saturated carbocycles. The van der Waals surface area contributed by atoms with Gasteiger partial charge in [0, 0.05) is 39.3 Å². The molecule has 0 saturated heterocycles. The van der Waals surface area contributed by atoms with Crippen molar-refractivity contribution in [1.29, 1.82) is 0 Å². The summed E-state index contributed by atoms with van der Waals surface area (Å²) >= 11 is 0. The fourth-order valence-electron chi connectivity index (χ4n) is 2.49. The van der Waals surface area contributed by atoms with Crippen molar-refractivity contribution in [3.63, 3.8) is 0 Å². The van der Waals surface area contributed by atoms with Crippen molar-refractivity contribution >= 4 is 29.5 Å². The molecule has 0 aliphatic rings. The molecule has 0 heterocycles. The Labute approximate surface area is 212 Å². The molecule has 0 rings (SSSR count). The Kier molecular flexibility index (Phi) is 21.8. The molecule has 0 aromatic heterocycles. The summed E-state index contributed by atoms with van der Waals surface area (Å²) in [4.78, 5) is 60.0. The van der Waals surface area contributed by atoms with Gasteiger partial charge in [0.1, 0.15) is 11.6 Å². The summed E-state index contributed by atoms with van der Waals surface area (Å²) in [5, 5.41) is 32.3. The first kappa shape index (κ1) is 34.5. The monoisotopic (exact) mass is 591 g/mol. The molecular formula is C17H27GdN3O10-. The number of hydrogen-bond donors (Lipinski definition) is 0. The van der Waals surface area contributed by atoms with Crippen LogP contribution in [0.5, 0.6) is 0 Å². The number of carboxylic acids is 2. The van der Waals surface area contributed by atoms with E-state index >= 15 is 0 Å². The molecule has 14 heteroatoms. The van der Waals surface area contributed by atoms with Gasteiger partial charge in [-0.1, -0.05) is 6.61 Å². The summed E-state index contributed by atoms with van der Waals surface area (Å²) in [6.07, 6.45) is 0. The molecule has 1 radical (unpaired) electrons. The number of carboxylic acid groups (broad SMARTS) is 2. The maximum absolute atomic E-state index is 11.6. The van der Waals surface area contributed by atoms with E-state index in [-0.39, 0.29) is 97.0 Å². The van der Waals surface area contributed by atoms with Crippen LogP contribution in [0.25, 0.3) is 0 Å². The van der Waals surface area contributed by atoms with Gasteiger partial charge in [0.25, 0.3) is 0 Å². The molecule has 0 unspecified atom stereocenters. The van der Waals surface area contributed by atoms with E-state index in [4.69, 9.17) is 0 Å². The summed E-state index contributed by atoms with van der Waals surface area (Å²) in [6, 6.07) is 0. The van der Waals surface area contributed by atoms with Gasteiger partial charge in [0.2, 0.25) is 0 Å². The van der Waals surface area contributed by atoms with Crippen molar-refractivity contribution in [2.75, 3.05) is 72.6 Å². The number of carbonyl (C=O) groups excluding carboxylic acids is 5. The molecule has 13 nitrogen and oxygen atoms in total. The molecule has 0 aromatic carbocycles. The number of nitrogens with zero attached hydrogens (tertiary/aromatic N) is 3. The van der Waals surface area contributed by atoms with Crippen LogP contribution in [0.1, 0.15) is 6.92 Å². The predicted molar refractivity (Wildman–Crippen MR) is 93.8 cm³/mol. The van der Waals surface area contributed by atoms with E-state index in [1.807, 2.05) is 0 Å². The second-order valence-electron chi connectivity index (χ2n) is 6.40. The number of carbonyl (C=O) groups is 5. The molecule has 0 fully saturated rings. The number of hydrogen-bond acceptors (Lipinski definition) is 13. The normalized spacial score (nSPS) is 10.4. The number of Topliss-reactive ketones (excluding diaryl/α,β-unsaturated/α-hetero) is 2. The van der Waals surface area contributed by atoms with E-state index in [1.54, 1.807) is 4.90 Å². The second kappa shape index (κ2) is 19.6. The number of methoxy groups -OCH3 is 1. The molecule has 179 valence electrons. The quantitative estimate of drug-likeness (QED) is 0.145. The molecule has 0 amide bonds. The molecule has 0 atom stereocenters. The van der Waals surface area contributed by atoms with Crippen LogP contribution in [0.4, 0.5) is 0 Å². The SMILES string of the molecule is COC(=O)CN(CCN(CC(C)=O)CC(=O)[O-])CCN(CC(=O)[O-])CC(=O)C[O-].[Gd+3].[OH-]. The Morgan fingerprint density at radius 3 is 1.52 bits per heavy atom. The molecule has 0 spiro atoms. The smallest absolute Gasteiger partial charge is 0.870 e. The Morgan fingerprint density at radius 2 is 1.16 bits per heavy atom. The molecule has 0 bridgehead atoms. The van der Waals surface area contributed by atoms with Crippen LogP contribution in [0.2, 0.25) is 0 Å². The van der Waals surface area contributed by atoms with E-state index in [2.05, 4.69) is 4.74 Å². The molecule has 31 heavy (non-hydrogen) atoms. The van der Waals surface area contributed by atoms with Crippen LogP contribution in [0.15, 0.2) is 0 Å². The topological polar surface area (TPSA) is 203 Å². The van der Waals surface area contributed by atoms with E-state index in [1.165, 1.54) is 23.8 Å². The first-order chi connectivity index (χ1) is 13.6. The average molecular weight is 591 g/mol. The number of ketones is 2. The van der Waals surface area contributed by atoms with Crippen LogP contribution < -0.4 is 15.3 Å². The van der Waals surface area contributed by atoms with Gasteiger partial charge in [-0.15, -0.1) is 0 Å².